The fourth-order valence-corrected chi connectivity index (χ4v) is 5.74. The van der Waals surface area contributed by atoms with Crippen LogP contribution in [0.25, 0.3) is 0 Å². The zero-order chi connectivity index (χ0) is 24.4. The molecule has 1 heterocycles. The highest BCUT2D eigenvalue weighted by molar-refractivity contribution is 9.10. The Morgan fingerprint density at radius 1 is 1.03 bits per heavy atom. The molecule has 5 rings (SSSR count). The van der Waals surface area contributed by atoms with Crippen molar-refractivity contribution in [2.45, 2.75) is 39.2 Å². The standard InChI is InChI=1S/C30H31BrN2O2/c1-4-34-28-17-20(16-26(31)30(28)35-5-2)18-32-22-12-10-21(11-13-22)29-24-8-6-7-23(24)25-15-19(3)9-14-27(25)33-29/h6-7,9-18,23-24,29,33H,4-5,8H2,1-3H3/t23-,24+,29+/m1/s1. The second-order valence-corrected chi connectivity index (χ2v) is 9.97. The third-order valence-corrected chi connectivity index (χ3v) is 7.34. The monoisotopic (exact) mass is 530 g/mol. The molecule has 1 aliphatic heterocycles. The lowest BCUT2D eigenvalue weighted by atomic mass is 9.76. The Balaban J connectivity index is 1.36. The molecule has 0 fully saturated rings. The van der Waals surface area contributed by atoms with Crippen LogP contribution in [0.3, 0.4) is 0 Å². The normalized spacial score (nSPS) is 20.4. The maximum atomic E-state index is 5.78. The first-order valence-electron chi connectivity index (χ1n) is 12.3. The van der Waals surface area contributed by atoms with Gasteiger partial charge in [0.1, 0.15) is 0 Å². The van der Waals surface area contributed by atoms with Crippen LogP contribution in [0.1, 0.15) is 54.5 Å². The second-order valence-electron chi connectivity index (χ2n) is 9.11. The maximum absolute atomic E-state index is 5.78. The zero-order valence-electron chi connectivity index (χ0n) is 20.4. The molecule has 0 aromatic heterocycles. The molecule has 5 heteroatoms. The first-order chi connectivity index (χ1) is 17.1. The predicted octanol–water partition coefficient (Wildman–Crippen LogP) is 8.13. The Labute approximate surface area is 216 Å². The lowest BCUT2D eigenvalue weighted by Crippen LogP contribution is -2.29. The highest BCUT2D eigenvalue weighted by Gasteiger charge is 2.37. The van der Waals surface area contributed by atoms with Crippen molar-refractivity contribution in [3.63, 3.8) is 0 Å². The van der Waals surface area contributed by atoms with Gasteiger partial charge in [0.05, 0.1) is 29.4 Å². The number of anilines is 1. The molecule has 2 aliphatic rings. The molecule has 3 aromatic rings. The van der Waals surface area contributed by atoms with Gasteiger partial charge in [0.25, 0.3) is 0 Å². The van der Waals surface area contributed by atoms with Gasteiger partial charge in [0.2, 0.25) is 0 Å². The quantitative estimate of drug-likeness (QED) is 0.247. The van der Waals surface area contributed by atoms with Gasteiger partial charge in [0, 0.05) is 17.8 Å². The molecule has 0 saturated carbocycles. The number of benzene rings is 3. The number of nitrogens with zero attached hydrogens (tertiary/aromatic N) is 1. The van der Waals surface area contributed by atoms with Crippen molar-refractivity contribution in [3.8, 4) is 11.5 Å². The Morgan fingerprint density at radius 2 is 1.83 bits per heavy atom. The zero-order valence-corrected chi connectivity index (χ0v) is 22.0. The number of aliphatic imine (C=N–C) groups is 1. The van der Waals surface area contributed by atoms with E-state index >= 15 is 0 Å². The summed E-state index contributed by atoms with van der Waals surface area (Å²) in [6.45, 7) is 7.26. The van der Waals surface area contributed by atoms with Crippen LogP contribution >= 0.6 is 15.9 Å². The summed E-state index contributed by atoms with van der Waals surface area (Å²) in [7, 11) is 0. The summed E-state index contributed by atoms with van der Waals surface area (Å²) in [5.41, 5.74) is 7.17. The van der Waals surface area contributed by atoms with E-state index in [0.717, 1.165) is 33.6 Å². The number of fused-ring (bicyclic) bond motifs is 3. The summed E-state index contributed by atoms with van der Waals surface area (Å²) >= 11 is 3.61. The first-order valence-corrected chi connectivity index (χ1v) is 13.1. The van der Waals surface area contributed by atoms with Crippen molar-refractivity contribution >= 4 is 33.5 Å². The van der Waals surface area contributed by atoms with Gasteiger partial charge in [-0.2, -0.15) is 0 Å². The Bertz CT molecular complexity index is 1270. The number of rotatable bonds is 7. The third kappa shape index (κ3) is 4.87. The summed E-state index contributed by atoms with van der Waals surface area (Å²) < 4.78 is 12.4. The third-order valence-electron chi connectivity index (χ3n) is 6.75. The molecular formula is C30H31BrN2O2. The molecule has 0 unspecified atom stereocenters. The molecule has 35 heavy (non-hydrogen) atoms. The molecule has 4 nitrogen and oxygen atoms in total. The van der Waals surface area contributed by atoms with Crippen molar-refractivity contribution < 1.29 is 9.47 Å². The summed E-state index contributed by atoms with van der Waals surface area (Å²) in [5, 5.41) is 3.82. The van der Waals surface area contributed by atoms with Crippen molar-refractivity contribution in [1.82, 2.24) is 0 Å². The van der Waals surface area contributed by atoms with Gasteiger partial charge in [0.15, 0.2) is 11.5 Å². The lowest BCUT2D eigenvalue weighted by molar-refractivity contribution is 0.286. The van der Waals surface area contributed by atoms with E-state index in [1.165, 1.54) is 22.4 Å². The van der Waals surface area contributed by atoms with Gasteiger partial charge in [-0.1, -0.05) is 42.0 Å². The van der Waals surface area contributed by atoms with Crippen LogP contribution in [0.4, 0.5) is 11.4 Å². The SMILES string of the molecule is CCOc1cc(C=Nc2ccc([C@@H]3Nc4ccc(C)cc4[C@@H]4C=CC[C@@H]43)cc2)cc(Br)c1OCC. The average Bonchev–Trinajstić information content (AvgIpc) is 3.35. The number of ether oxygens (including phenoxy) is 2. The number of halogens is 1. The maximum Gasteiger partial charge on any atom is 0.175 e. The predicted molar refractivity (Wildman–Crippen MR) is 148 cm³/mol. The van der Waals surface area contributed by atoms with Gasteiger partial charge >= 0.3 is 0 Å². The van der Waals surface area contributed by atoms with Crippen LogP contribution in [0.5, 0.6) is 11.5 Å². The lowest BCUT2D eigenvalue weighted by Gasteiger charge is -2.37. The average molecular weight is 531 g/mol. The van der Waals surface area contributed by atoms with Gasteiger partial charge in [-0.25, -0.2) is 0 Å². The smallest absolute Gasteiger partial charge is 0.175 e. The minimum absolute atomic E-state index is 0.291. The molecule has 0 saturated heterocycles. The Hall–Kier alpha value is -3.05. The summed E-state index contributed by atoms with van der Waals surface area (Å²) in [6, 6.07) is 19.6. The molecule has 1 N–H and O–H groups in total. The number of allylic oxidation sites excluding steroid dienone is 2. The Morgan fingerprint density at radius 3 is 2.60 bits per heavy atom. The van der Waals surface area contributed by atoms with E-state index < -0.39 is 0 Å². The van der Waals surface area contributed by atoms with Crippen molar-refractivity contribution in [2.75, 3.05) is 18.5 Å². The highest BCUT2D eigenvalue weighted by atomic mass is 79.9. The molecule has 3 aromatic carbocycles. The topological polar surface area (TPSA) is 42.8 Å². The van der Waals surface area contributed by atoms with Crippen molar-refractivity contribution in [2.24, 2.45) is 10.9 Å². The highest BCUT2D eigenvalue weighted by Crippen LogP contribution is 2.50. The van der Waals surface area contributed by atoms with Crippen LogP contribution in [-0.2, 0) is 0 Å². The fourth-order valence-electron chi connectivity index (χ4n) is 5.17. The number of hydrogen-bond acceptors (Lipinski definition) is 4. The van der Waals surface area contributed by atoms with E-state index in [0.29, 0.717) is 31.1 Å². The molecule has 180 valence electrons. The number of hydrogen-bond donors (Lipinski definition) is 1. The van der Waals surface area contributed by atoms with E-state index in [-0.39, 0.29) is 0 Å². The molecular weight excluding hydrogens is 500 g/mol. The minimum atomic E-state index is 0.291. The molecule has 1 aliphatic carbocycles. The van der Waals surface area contributed by atoms with Crippen LogP contribution in [0.15, 0.2) is 76.2 Å². The van der Waals surface area contributed by atoms with E-state index in [1.807, 2.05) is 32.2 Å². The minimum Gasteiger partial charge on any atom is -0.490 e. The van der Waals surface area contributed by atoms with E-state index in [4.69, 9.17) is 14.5 Å². The molecule has 0 spiro atoms. The van der Waals surface area contributed by atoms with Crippen LogP contribution in [-0.4, -0.2) is 19.4 Å². The number of nitrogens with one attached hydrogen (secondary N) is 1. The largest absolute Gasteiger partial charge is 0.490 e. The van der Waals surface area contributed by atoms with E-state index in [2.05, 4.69) is 82.8 Å². The van der Waals surface area contributed by atoms with Gasteiger partial charge in [-0.05, 0) is 96.1 Å². The molecule has 3 atom stereocenters. The van der Waals surface area contributed by atoms with E-state index in [1.54, 1.807) is 0 Å². The first kappa shape index (κ1) is 23.7. The fraction of sp³-hybridized carbons (Fsp3) is 0.300. The van der Waals surface area contributed by atoms with Crippen LogP contribution in [0.2, 0.25) is 0 Å². The molecule has 0 amide bonds. The molecule has 0 bridgehead atoms. The summed E-state index contributed by atoms with van der Waals surface area (Å²) in [6.07, 6.45) is 7.70. The summed E-state index contributed by atoms with van der Waals surface area (Å²) in [5.74, 6) is 2.47. The van der Waals surface area contributed by atoms with Crippen LogP contribution in [0, 0.1) is 12.8 Å². The van der Waals surface area contributed by atoms with Crippen molar-refractivity contribution in [3.05, 3.63) is 93.5 Å². The van der Waals surface area contributed by atoms with E-state index in [9.17, 15) is 0 Å². The van der Waals surface area contributed by atoms with Crippen LogP contribution < -0.4 is 14.8 Å². The number of aryl methyl sites for hydroxylation is 1. The summed E-state index contributed by atoms with van der Waals surface area (Å²) in [4.78, 5) is 4.72. The van der Waals surface area contributed by atoms with Gasteiger partial charge in [-0.3, -0.25) is 4.99 Å². The Kier molecular flexibility index (Phi) is 6.96. The van der Waals surface area contributed by atoms with Crippen molar-refractivity contribution in [1.29, 1.82) is 0 Å². The van der Waals surface area contributed by atoms with Gasteiger partial charge in [-0.15, -0.1) is 0 Å². The second kappa shape index (κ2) is 10.3. The molecule has 0 radical (unpaired) electrons. The van der Waals surface area contributed by atoms with Gasteiger partial charge < -0.3 is 14.8 Å².